The Labute approximate surface area is 103 Å². The maximum Gasteiger partial charge on any atom is 0.279 e. The summed E-state index contributed by atoms with van der Waals surface area (Å²) in [6, 6.07) is 5.27. The third kappa shape index (κ3) is 2.45. The van der Waals surface area contributed by atoms with E-state index in [-0.39, 0.29) is 11.6 Å². The molecular weight excluding hydrogens is 242 g/mol. The second-order valence-corrected chi connectivity index (χ2v) is 4.02. The average Bonchev–Trinajstić information content (AvgIpc) is 2.70. The third-order valence-corrected chi connectivity index (χ3v) is 2.70. The molecule has 17 heavy (non-hydrogen) atoms. The number of hydrogen-bond acceptors (Lipinski definition) is 4. The number of nitrogens with one attached hydrogen (secondary N) is 1. The molecule has 0 saturated heterocycles. The zero-order valence-corrected chi connectivity index (χ0v) is 10.1. The largest absolute Gasteiger partial charge is 0.320 e. The maximum atomic E-state index is 11.8. The molecule has 0 aliphatic rings. The number of carbonyl (C=O) groups is 1. The van der Waals surface area contributed by atoms with Crippen molar-refractivity contribution >= 4 is 23.2 Å². The SMILES string of the molecule is Cc1ccc(NC(=O)c2nonc2C)cc1Cl. The van der Waals surface area contributed by atoms with Crippen LogP contribution in [0.1, 0.15) is 21.7 Å². The lowest BCUT2D eigenvalue weighted by atomic mass is 10.2. The molecule has 1 aromatic carbocycles. The molecule has 0 radical (unpaired) electrons. The number of rotatable bonds is 2. The van der Waals surface area contributed by atoms with Gasteiger partial charge in [-0.05, 0) is 36.7 Å². The molecule has 2 rings (SSSR count). The Morgan fingerprint density at radius 3 is 2.71 bits per heavy atom. The van der Waals surface area contributed by atoms with Crippen LogP contribution in [0.5, 0.6) is 0 Å². The summed E-state index contributed by atoms with van der Waals surface area (Å²) in [4.78, 5) is 11.8. The normalized spacial score (nSPS) is 10.3. The Morgan fingerprint density at radius 1 is 1.35 bits per heavy atom. The lowest BCUT2D eigenvalue weighted by Gasteiger charge is -2.04. The minimum absolute atomic E-state index is 0.168. The molecule has 1 amide bonds. The summed E-state index contributed by atoms with van der Waals surface area (Å²) >= 11 is 5.96. The smallest absolute Gasteiger partial charge is 0.279 e. The number of anilines is 1. The van der Waals surface area contributed by atoms with Gasteiger partial charge in [0.1, 0.15) is 5.69 Å². The Balaban J connectivity index is 2.19. The molecule has 0 unspecified atom stereocenters. The Morgan fingerprint density at radius 2 is 2.12 bits per heavy atom. The van der Waals surface area contributed by atoms with E-state index in [0.29, 0.717) is 16.4 Å². The van der Waals surface area contributed by atoms with Gasteiger partial charge in [-0.15, -0.1) is 0 Å². The summed E-state index contributed by atoms with van der Waals surface area (Å²) in [6.45, 7) is 3.53. The minimum atomic E-state index is -0.372. The van der Waals surface area contributed by atoms with Crippen LogP contribution in [0.25, 0.3) is 0 Å². The second kappa shape index (κ2) is 4.55. The minimum Gasteiger partial charge on any atom is -0.320 e. The van der Waals surface area contributed by atoms with Crippen LogP contribution in [0.2, 0.25) is 5.02 Å². The van der Waals surface area contributed by atoms with Crippen molar-refractivity contribution < 1.29 is 9.42 Å². The summed E-state index contributed by atoms with van der Waals surface area (Å²) in [5.41, 5.74) is 2.17. The molecule has 0 bridgehead atoms. The molecule has 0 spiro atoms. The van der Waals surface area contributed by atoms with Crippen LogP contribution in [0.15, 0.2) is 22.8 Å². The summed E-state index contributed by atoms with van der Waals surface area (Å²) < 4.78 is 4.46. The Kier molecular flexibility index (Phi) is 3.10. The van der Waals surface area contributed by atoms with Gasteiger partial charge in [-0.3, -0.25) is 4.79 Å². The first-order chi connectivity index (χ1) is 8.08. The van der Waals surface area contributed by atoms with Crippen molar-refractivity contribution in [2.75, 3.05) is 5.32 Å². The van der Waals surface area contributed by atoms with Gasteiger partial charge in [0, 0.05) is 10.7 Å². The number of aromatic nitrogens is 2. The van der Waals surface area contributed by atoms with Crippen molar-refractivity contribution in [3.8, 4) is 0 Å². The van der Waals surface area contributed by atoms with Gasteiger partial charge in [0.25, 0.3) is 5.91 Å². The predicted molar refractivity (Wildman–Crippen MR) is 63.2 cm³/mol. The van der Waals surface area contributed by atoms with Crippen molar-refractivity contribution in [3.05, 3.63) is 40.2 Å². The van der Waals surface area contributed by atoms with E-state index < -0.39 is 0 Å². The predicted octanol–water partition coefficient (Wildman–Crippen LogP) is 2.59. The number of amides is 1. The van der Waals surface area contributed by atoms with Crippen LogP contribution < -0.4 is 5.32 Å². The molecule has 2 aromatic rings. The molecule has 0 aliphatic carbocycles. The van der Waals surface area contributed by atoms with Crippen molar-refractivity contribution in [2.24, 2.45) is 0 Å². The van der Waals surface area contributed by atoms with Gasteiger partial charge in [-0.1, -0.05) is 22.8 Å². The first kappa shape index (κ1) is 11.6. The van der Waals surface area contributed by atoms with Crippen LogP contribution in [-0.2, 0) is 0 Å². The van der Waals surface area contributed by atoms with E-state index in [2.05, 4.69) is 20.3 Å². The van der Waals surface area contributed by atoms with Crippen LogP contribution >= 0.6 is 11.6 Å². The zero-order valence-electron chi connectivity index (χ0n) is 9.32. The first-order valence-corrected chi connectivity index (χ1v) is 5.32. The second-order valence-electron chi connectivity index (χ2n) is 3.62. The molecule has 0 fully saturated rings. The average molecular weight is 252 g/mol. The topological polar surface area (TPSA) is 68.0 Å². The molecule has 1 aromatic heterocycles. The van der Waals surface area contributed by atoms with Gasteiger partial charge < -0.3 is 5.32 Å². The highest BCUT2D eigenvalue weighted by atomic mass is 35.5. The highest BCUT2D eigenvalue weighted by Crippen LogP contribution is 2.20. The van der Waals surface area contributed by atoms with Gasteiger partial charge in [-0.2, -0.15) is 0 Å². The Bertz CT molecular complexity index is 566. The molecule has 1 N–H and O–H groups in total. The Hall–Kier alpha value is -1.88. The van der Waals surface area contributed by atoms with Gasteiger partial charge in [0.2, 0.25) is 0 Å². The van der Waals surface area contributed by atoms with Gasteiger partial charge >= 0.3 is 0 Å². The van der Waals surface area contributed by atoms with E-state index >= 15 is 0 Å². The summed E-state index contributed by atoms with van der Waals surface area (Å²) in [7, 11) is 0. The molecule has 0 aliphatic heterocycles. The van der Waals surface area contributed by atoms with E-state index in [4.69, 9.17) is 11.6 Å². The van der Waals surface area contributed by atoms with Gasteiger partial charge in [0.05, 0.1) is 0 Å². The molecule has 0 atom stereocenters. The molecule has 88 valence electrons. The number of benzene rings is 1. The molecule has 0 saturated carbocycles. The number of nitrogens with zero attached hydrogens (tertiary/aromatic N) is 2. The maximum absolute atomic E-state index is 11.8. The van der Waals surface area contributed by atoms with Crippen molar-refractivity contribution in [1.82, 2.24) is 10.3 Å². The quantitative estimate of drug-likeness (QED) is 0.891. The van der Waals surface area contributed by atoms with E-state index in [1.165, 1.54) is 0 Å². The van der Waals surface area contributed by atoms with Crippen molar-refractivity contribution in [1.29, 1.82) is 0 Å². The lowest BCUT2D eigenvalue weighted by molar-refractivity contribution is 0.101. The van der Waals surface area contributed by atoms with Crippen LogP contribution in [0.4, 0.5) is 5.69 Å². The molecule has 1 heterocycles. The van der Waals surface area contributed by atoms with Crippen LogP contribution in [-0.4, -0.2) is 16.2 Å². The summed E-state index contributed by atoms with van der Waals surface area (Å²) in [5.74, 6) is -0.372. The number of halogens is 1. The fourth-order valence-electron chi connectivity index (χ4n) is 1.30. The van der Waals surface area contributed by atoms with E-state index in [1.807, 2.05) is 13.0 Å². The molecule has 6 heteroatoms. The standard InChI is InChI=1S/C11H10ClN3O2/c1-6-3-4-8(5-9(6)12)13-11(16)10-7(2)14-17-15-10/h3-5H,1-2H3,(H,13,16). The molecule has 5 nitrogen and oxygen atoms in total. The van der Waals surface area contributed by atoms with E-state index in [1.54, 1.807) is 19.1 Å². The third-order valence-electron chi connectivity index (χ3n) is 2.30. The van der Waals surface area contributed by atoms with E-state index in [0.717, 1.165) is 5.56 Å². The highest BCUT2D eigenvalue weighted by Gasteiger charge is 2.15. The van der Waals surface area contributed by atoms with Gasteiger partial charge in [0.15, 0.2) is 5.69 Å². The zero-order chi connectivity index (χ0) is 12.4. The van der Waals surface area contributed by atoms with Crippen molar-refractivity contribution in [2.45, 2.75) is 13.8 Å². The fourth-order valence-corrected chi connectivity index (χ4v) is 1.48. The van der Waals surface area contributed by atoms with E-state index in [9.17, 15) is 4.79 Å². The first-order valence-electron chi connectivity index (χ1n) is 4.94. The number of carbonyl (C=O) groups excluding carboxylic acids is 1. The van der Waals surface area contributed by atoms with Crippen molar-refractivity contribution in [3.63, 3.8) is 0 Å². The molecular formula is C11H10ClN3O2. The fraction of sp³-hybridized carbons (Fsp3) is 0.182. The van der Waals surface area contributed by atoms with Gasteiger partial charge in [-0.25, -0.2) is 4.63 Å². The number of aryl methyl sites for hydroxylation is 2. The monoisotopic (exact) mass is 251 g/mol. The van der Waals surface area contributed by atoms with Crippen LogP contribution in [0, 0.1) is 13.8 Å². The summed E-state index contributed by atoms with van der Waals surface area (Å²) in [6.07, 6.45) is 0. The number of hydrogen-bond donors (Lipinski definition) is 1. The van der Waals surface area contributed by atoms with Crippen LogP contribution in [0.3, 0.4) is 0 Å². The summed E-state index contributed by atoms with van der Waals surface area (Å²) in [5, 5.41) is 10.3. The highest BCUT2D eigenvalue weighted by molar-refractivity contribution is 6.31. The lowest BCUT2D eigenvalue weighted by Crippen LogP contribution is -2.13.